The molecule has 0 bridgehead atoms. The number of hydrogen-bond donors (Lipinski definition) is 1. The van der Waals surface area contributed by atoms with Crippen LogP contribution in [0, 0.1) is 5.82 Å². The molecule has 6 heteroatoms. The third kappa shape index (κ3) is 2.13. The smallest absolute Gasteiger partial charge is 0.337 e. The number of aromatic carboxylic acids is 1. The molecule has 96 valence electrons. The predicted octanol–water partition coefficient (Wildman–Crippen LogP) is 0.802. The Labute approximate surface area is 103 Å². The maximum atomic E-state index is 13.8. The van der Waals surface area contributed by atoms with Gasteiger partial charge in [0.25, 0.3) is 0 Å². The SMILES string of the molecule is CN1CCN(c2c(F)cccc2C(=O)O)CC1=O. The summed E-state index contributed by atoms with van der Waals surface area (Å²) >= 11 is 0. The average molecular weight is 252 g/mol. The van der Waals surface area contributed by atoms with Crippen LogP contribution in [0.25, 0.3) is 0 Å². The summed E-state index contributed by atoms with van der Waals surface area (Å²) in [6.45, 7) is 0.868. The first-order chi connectivity index (χ1) is 8.50. The number of carbonyl (C=O) groups excluding carboxylic acids is 1. The molecule has 5 nitrogen and oxygen atoms in total. The van der Waals surface area contributed by atoms with Crippen molar-refractivity contribution in [2.75, 3.05) is 31.6 Å². The van der Waals surface area contributed by atoms with Crippen LogP contribution in [0.4, 0.5) is 10.1 Å². The molecule has 0 saturated carbocycles. The van der Waals surface area contributed by atoms with Crippen LogP contribution in [-0.2, 0) is 4.79 Å². The van der Waals surface area contributed by atoms with Gasteiger partial charge in [-0.1, -0.05) is 6.07 Å². The highest BCUT2D eigenvalue weighted by Crippen LogP contribution is 2.25. The summed E-state index contributed by atoms with van der Waals surface area (Å²) in [6, 6.07) is 3.88. The fourth-order valence-corrected chi connectivity index (χ4v) is 1.96. The van der Waals surface area contributed by atoms with Gasteiger partial charge in [-0.2, -0.15) is 0 Å². The minimum Gasteiger partial charge on any atom is -0.478 e. The van der Waals surface area contributed by atoms with Crippen molar-refractivity contribution in [1.29, 1.82) is 0 Å². The lowest BCUT2D eigenvalue weighted by molar-refractivity contribution is -0.129. The van der Waals surface area contributed by atoms with E-state index in [0.29, 0.717) is 13.1 Å². The fraction of sp³-hybridized carbons (Fsp3) is 0.333. The van der Waals surface area contributed by atoms with E-state index < -0.39 is 11.8 Å². The Bertz CT molecular complexity index is 504. The Morgan fingerprint density at radius 2 is 2.11 bits per heavy atom. The summed E-state index contributed by atoms with van der Waals surface area (Å²) in [5.74, 6) is -1.97. The van der Waals surface area contributed by atoms with E-state index in [4.69, 9.17) is 5.11 Å². The van der Waals surface area contributed by atoms with Gasteiger partial charge in [-0.15, -0.1) is 0 Å². The zero-order valence-corrected chi connectivity index (χ0v) is 9.89. The van der Waals surface area contributed by atoms with Crippen LogP contribution in [0.1, 0.15) is 10.4 Å². The lowest BCUT2D eigenvalue weighted by Gasteiger charge is -2.34. The quantitative estimate of drug-likeness (QED) is 0.845. The predicted molar refractivity (Wildman–Crippen MR) is 63.2 cm³/mol. The van der Waals surface area contributed by atoms with Crippen LogP contribution in [-0.4, -0.2) is 48.6 Å². The monoisotopic (exact) mass is 252 g/mol. The number of hydrogen-bond acceptors (Lipinski definition) is 3. The van der Waals surface area contributed by atoms with E-state index in [1.165, 1.54) is 28.0 Å². The minimum absolute atomic E-state index is 0.00227. The van der Waals surface area contributed by atoms with Crippen molar-refractivity contribution >= 4 is 17.6 Å². The standard InChI is InChI=1S/C12H13FN2O3/c1-14-5-6-15(7-10(14)16)11-8(12(17)18)3-2-4-9(11)13/h2-4H,5-7H2,1H3,(H,17,18). The molecule has 0 spiro atoms. The molecule has 0 aromatic heterocycles. The van der Waals surface area contributed by atoms with E-state index in [2.05, 4.69) is 0 Å². The first kappa shape index (κ1) is 12.3. The summed E-state index contributed by atoms with van der Waals surface area (Å²) in [5.41, 5.74) is -0.126. The highest BCUT2D eigenvalue weighted by molar-refractivity contribution is 5.96. The third-order valence-corrected chi connectivity index (χ3v) is 2.99. The average Bonchev–Trinajstić information content (AvgIpc) is 2.32. The number of likely N-dealkylation sites (N-methyl/N-ethyl adjacent to an activating group) is 1. The van der Waals surface area contributed by atoms with Crippen LogP contribution < -0.4 is 4.90 Å². The van der Waals surface area contributed by atoms with Gasteiger partial charge in [0.15, 0.2) is 0 Å². The molecule has 1 aromatic carbocycles. The van der Waals surface area contributed by atoms with E-state index in [9.17, 15) is 14.0 Å². The van der Waals surface area contributed by atoms with E-state index in [0.717, 1.165) is 0 Å². The van der Waals surface area contributed by atoms with E-state index in [-0.39, 0.29) is 23.7 Å². The largest absolute Gasteiger partial charge is 0.478 e. The van der Waals surface area contributed by atoms with Crippen molar-refractivity contribution in [3.8, 4) is 0 Å². The molecule has 1 aromatic rings. The molecule has 0 unspecified atom stereocenters. The molecule has 1 heterocycles. The Balaban J connectivity index is 2.39. The Hall–Kier alpha value is -2.11. The molecule has 18 heavy (non-hydrogen) atoms. The Kier molecular flexibility index (Phi) is 3.18. The van der Waals surface area contributed by atoms with Crippen molar-refractivity contribution in [3.05, 3.63) is 29.6 Å². The van der Waals surface area contributed by atoms with Crippen molar-refractivity contribution in [1.82, 2.24) is 4.90 Å². The first-order valence-electron chi connectivity index (χ1n) is 5.51. The van der Waals surface area contributed by atoms with Crippen molar-refractivity contribution < 1.29 is 19.1 Å². The fourth-order valence-electron chi connectivity index (χ4n) is 1.96. The molecule has 0 radical (unpaired) electrons. The van der Waals surface area contributed by atoms with Gasteiger partial charge in [-0.3, -0.25) is 4.79 Å². The molecule has 0 aliphatic carbocycles. The van der Waals surface area contributed by atoms with Crippen molar-refractivity contribution in [2.45, 2.75) is 0 Å². The van der Waals surface area contributed by atoms with Crippen LogP contribution in [0.15, 0.2) is 18.2 Å². The third-order valence-electron chi connectivity index (χ3n) is 2.99. The normalized spacial score (nSPS) is 16.0. The van der Waals surface area contributed by atoms with Crippen LogP contribution in [0.5, 0.6) is 0 Å². The van der Waals surface area contributed by atoms with Crippen LogP contribution >= 0.6 is 0 Å². The number of piperazine rings is 1. The molecule has 1 N–H and O–H groups in total. The summed E-state index contributed by atoms with van der Waals surface area (Å²) < 4.78 is 13.8. The van der Waals surface area contributed by atoms with Gasteiger partial charge in [-0.05, 0) is 12.1 Å². The summed E-state index contributed by atoms with van der Waals surface area (Å²) in [7, 11) is 1.67. The highest BCUT2D eigenvalue weighted by Gasteiger charge is 2.26. The van der Waals surface area contributed by atoms with E-state index in [1.54, 1.807) is 7.05 Å². The lowest BCUT2D eigenvalue weighted by Crippen LogP contribution is -2.49. The molecule has 1 aliphatic rings. The topological polar surface area (TPSA) is 60.9 Å². The zero-order valence-electron chi connectivity index (χ0n) is 9.89. The number of carboxylic acids is 1. The number of halogens is 1. The Morgan fingerprint density at radius 1 is 1.39 bits per heavy atom. The zero-order chi connectivity index (χ0) is 13.3. The summed E-state index contributed by atoms with van der Waals surface area (Å²) in [6.07, 6.45) is 0. The molecule has 1 fully saturated rings. The maximum Gasteiger partial charge on any atom is 0.337 e. The van der Waals surface area contributed by atoms with Gasteiger partial charge >= 0.3 is 5.97 Å². The lowest BCUT2D eigenvalue weighted by atomic mass is 10.1. The van der Waals surface area contributed by atoms with Crippen LogP contribution in [0.2, 0.25) is 0 Å². The summed E-state index contributed by atoms with van der Waals surface area (Å²) in [5, 5.41) is 9.05. The highest BCUT2D eigenvalue weighted by atomic mass is 19.1. The maximum absolute atomic E-state index is 13.8. The van der Waals surface area contributed by atoms with Crippen LogP contribution in [0.3, 0.4) is 0 Å². The first-order valence-corrected chi connectivity index (χ1v) is 5.51. The number of benzene rings is 1. The molecule has 0 atom stereocenters. The van der Waals surface area contributed by atoms with E-state index >= 15 is 0 Å². The summed E-state index contributed by atoms with van der Waals surface area (Å²) in [4.78, 5) is 25.7. The van der Waals surface area contributed by atoms with Gasteiger partial charge < -0.3 is 14.9 Å². The van der Waals surface area contributed by atoms with Crippen molar-refractivity contribution in [3.63, 3.8) is 0 Å². The molecular weight excluding hydrogens is 239 g/mol. The molecule has 1 amide bonds. The van der Waals surface area contributed by atoms with Gasteiger partial charge in [0.2, 0.25) is 5.91 Å². The number of carboxylic acid groups (broad SMARTS) is 1. The second kappa shape index (κ2) is 4.64. The minimum atomic E-state index is -1.20. The van der Waals surface area contributed by atoms with Gasteiger partial charge in [-0.25, -0.2) is 9.18 Å². The number of para-hydroxylation sites is 1. The molecule has 1 saturated heterocycles. The number of nitrogens with zero attached hydrogens (tertiary/aromatic N) is 2. The second-order valence-corrected chi connectivity index (χ2v) is 4.18. The molecular formula is C12H13FN2O3. The van der Waals surface area contributed by atoms with Gasteiger partial charge in [0.05, 0.1) is 17.8 Å². The number of amides is 1. The van der Waals surface area contributed by atoms with Gasteiger partial charge in [0, 0.05) is 20.1 Å². The van der Waals surface area contributed by atoms with Crippen molar-refractivity contribution in [2.24, 2.45) is 0 Å². The molecule has 1 aliphatic heterocycles. The van der Waals surface area contributed by atoms with E-state index in [1.807, 2.05) is 0 Å². The number of rotatable bonds is 2. The molecule has 2 rings (SSSR count). The second-order valence-electron chi connectivity index (χ2n) is 4.18. The number of anilines is 1. The van der Waals surface area contributed by atoms with Gasteiger partial charge in [0.1, 0.15) is 5.82 Å². The Morgan fingerprint density at radius 3 is 2.72 bits per heavy atom. The number of carbonyl (C=O) groups is 2.